The molecule has 1 aliphatic heterocycles. The number of carbonyl (C=O) groups is 3. The highest BCUT2D eigenvalue weighted by Gasteiger charge is 2.57. The molecule has 8 rings (SSSR count). The van der Waals surface area contributed by atoms with Crippen molar-refractivity contribution >= 4 is 57.6 Å². The standard InChI is InChI=1S/C55H51N2O4PS/c1-54(2,3)61-53(60)51(62(46-33-19-8-20-34-46,47-35-21-9-22-36-47)48-37-23-10-24-38-48)57-50(59)49(52(57)63-40-45(58)39-41-25-11-4-12-26-41)56-55(42-27-13-5-14-28-42,43-29-15-6-16-30-43)44-31-17-7-18-32-44/h4-38,49,52,56H,39-40H2,1-3H3. The highest BCUT2D eigenvalue weighted by Crippen LogP contribution is 2.51. The first kappa shape index (κ1) is 43.4. The number of carbonyl (C=O) groups excluding carboxylic acids is 3. The van der Waals surface area contributed by atoms with Gasteiger partial charge in [0, 0.05) is 13.3 Å². The average molecular weight is 867 g/mol. The largest absolute Gasteiger partial charge is 0.455 e. The van der Waals surface area contributed by atoms with Crippen molar-refractivity contribution in [1.82, 2.24) is 10.2 Å². The molecule has 0 spiro atoms. The van der Waals surface area contributed by atoms with Crippen molar-refractivity contribution in [1.29, 1.82) is 0 Å². The summed E-state index contributed by atoms with van der Waals surface area (Å²) in [7, 11) is 0. The van der Waals surface area contributed by atoms with Crippen molar-refractivity contribution in [3.8, 4) is 0 Å². The molecule has 8 heteroatoms. The van der Waals surface area contributed by atoms with Crippen molar-refractivity contribution in [3.05, 3.63) is 235 Å². The van der Waals surface area contributed by atoms with Crippen LogP contribution in [0.2, 0.25) is 0 Å². The maximum absolute atomic E-state index is 15.9. The van der Waals surface area contributed by atoms with Crippen LogP contribution in [0.3, 0.4) is 0 Å². The number of nitrogens with zero attached hydrogens (tertiary/aromatic N) is 1. The SMILES string of the molecule is CC(C)(C)OC(=O)C(N1C(=O)C(NC(c2ccccc2)(c2ccccc2)c2ccccc2)C1SCC(=O)Cc1ccccc1)=P(c1ccccc1)(c1ccccc1)c1ccccc1. The van der Waals surface area contributed by atoms with E-state index in [-0.39, 0.29) is 29.3 Å². The first-order chi connectivity index (χ1) is 30.6. The minimum atomic E-state index is -3.23. The Balaban J connectivity index is 1.40. The van der Waals surface area contributed by atoms with E-state index >= 15 is 9.59 Å². The number of benzene rings is 7. The topological polar surface area (TPSA) is 75.7 Å². The number of amides is 1. The van der Waals surface area contributed by atoms with E-state index < -0.39 is 35.4 Å². The van der Waals surface area contributed by atoms with Crippen molar-refractivity contribution in [2.45, 2.75) is 49.7 Å². The lowest BCUT2D eigenvalue weighted by molar-refractivity contribution is -0.151. The molecule has 0 aromatic heterocycles. The predicted molar refractivity (Wildman–Crippen MR) is 260 cm³/mol. The van der Waals surface area contributed by atoms with E-state index in [1.807, 2.05) is 160 Å². The first-order valence-electron chi connectivity index (χ1n) is 21.2. The molecule has 7 aromatic rings. The van der Waals surface area contributed by atoms with Crippen LogP contribution < -0.4 is 21.2 Å². The van der Waals surface area contributed by atoms with Crippen LogP contribution in [0, 0.1) is 0 Å². The number of likely N-dealkylation sites (tertiary alicyclic amines) is 1. The van der Waals surface area contributed by atoms with Gasteiger partial charge in [-0.3, -0.25) is 19.8 Å². The lowest BCUT2D eigenvalue weighted by Crippen LogP contribution is -2.74. The van der Waals surface area contributed by atoms with Gasteiger partial charge in [-0.2, -0.15) is 0 Å². The number of β-lactam (4-membered cyclic amide) rings is 1. The maximum Gasteiger partial charge on any atom is 0.356 e. The van der Waals surface area contributed by atoms with Gasteiger partial charge in [0.25, 0.3) is 0 Å². The van der Waals surface area contributed by atoms with Crippen LogP contribution in [-0.2, 0) is 31.1 Å². The maximum atomic E-state index is 15.9. The Bertz CT molecular complexity index is 2500. The first-order valence-corrected chi connectivity index (χ1v) is 24.1. The number of esters is 1. The van der Waals surface area contributed by atoms with Gasteiger partial charge in [0.1, 0.15) is 28.2 Å². The molecule has 0 bridgehead atoms. The number of ether oxygens (including phenoxy) is 1. The Kier molecular flexibility index (Phi) is 13.1. The van der Waals surface area contributed by atoms with Crippen LogP contribution >= 0.6 is 18.6 Å². The number of nitrogens with one attached hydrogen (secondary N) is 1. The van der Waals surface area contributed by atoms with E-state index in [1.54, 1.807) is 4.90 Å². The molecule has 6 nitrogen and oxygen atoms in total. The van der Waals surface area contributed by atoms with Crippen molar-refractivity contribution in [2.75, 3.05) is 5.75 Å². The number of Topliss-reactive ketones (excluding diaryl/α,β-unsaturated/α-hetero) is 1. The molecule has 1 fully saturated rings. The fraction of sp³-hybridized carbons (Fsp3) is 0.164. The normalized spacial score (nSPS) is 15.3. The zero-order chi connectivity index (χ0) is 43.9. The third-order valence-corrected chi connectivity index (χ3v) is 16.8. The second-order valence-electron chi connectivity index (χ2n) is 16.6. The molecule has 2 unspecified atom stereocenters. The van der Waals surface area contributed by atoms with Gasteiger partial charge in [0.2, 0.25) is 5.91 Å². The van der Waals surface area contributed by atoms with Crippen LogP contribution in [0.25, 0.3) is 0 Å². The van der Waals surface area contributed by atoms with Gasteiger partial charge in [-0.1, -0.05) is 212 Å². The lowest BCUT2D eigenvalue weighted by Gasteiger charge is -2.53. The van der Waals surface area contributed by atoms with Crippen LogP contribution in [0.1, 0.15) is 43.0 Å². The van der Waals surface area contributed by atoms with Crippen molar-refractivity contribution < 1.29 is 19.1 Å². The summed E-state index contributed by atoms with van der Waals surface area (Å²) in [4.78, 5) is 47.1. The molecule has 63 heavy (non-hydrogen) atoms. The van der Waals surface area contributed by atoms with E-state index in [9.17, 15) is 4.79 Å². The number of hydrogen-bond acceptors (Lipinski definition) is 6. The second-order valence-corrected chi connectivity index (χ2v) is 21.0. The molecule has 1 N–H and O–H groups in total. The summed E-state index contributed by atoms with van der Waals surface area (Å²) in [6.45, 7) is 2.31. The molecular weight excluding hydrogens is 816 g/mol. The average Bonchev–Trinajstić information content (AvgIpc) is 3.32. The fourth-order valence-corrected chi connectivity index (χ4v) is 14.2. The highest BCUT2D eigenvalue weighted by molar-refractivity contribution is 8.01. The summed E-state index contributed by atoms with van der Waals surface area (Å²) < 4.78 is 6.43. The molecule has 1 aliphatic rings. The van der Waals surface area contributed by atoms with E-state index in [0.29, 0.717) is 0 Å². The summed E-state index contributed by atoms with van der Waals surface area (Å²) in [5, 5.41) is 5.92. The molecule has 0 aliphatic carbocycles. The third-order valence-electron chi connectivity index (χ3n) is 11.3. The molecular formula is C55H51N2O4PS. The van der Waals surface area contributed by atoms with Gasteiger partial charge < -0.3 is 4.74 Å². The molecule has 0 radical (unpaired) electrons. The van der Waals surface area contributed by atoms with E-state index in [1.165, 1.54) is 11.8 Å². The lowest BCUT2D eigenvalue weighted by atomic mass is 9.76. The zero-order valence-corrected chi connectivity index (χ0v) is 37.4. The number of hydrogen-bond donors (Lipinski definition) is 1. The van der Waals surface area contributed by atoms with Crippen LogP contribution in [0.4, 0.5) is 0 Å². The Morgan fingerprint density at radius 3 is 1.32 bits per heavy atom. The van der Waals surface area contributed by atoms with Gasteiger partial charge >= 0.3 is 5.97 Å². The monoisotopic (exact) mass is 866 g/mol. The molecule has 2 atom stereocenters. The van der Waals surface area contributed by atoms with Gasteiger partial charge in [0.15, 0.2) is 0 Å². The second kappa shape index (κ2) is 19.0. The molecule has 316 valence electrons. The molecule has 1 heterocycles. The third kappa shape index (κ3) is 8.87. The minimum absolute atomic E-state index is 0.0127. The quantitative estimate of drug-likeness (QED) is 0.0480. The summed E-state index contributed by atoms with van der Waals surface area (Å²) >= 11 is 1.38. The van der Waals surface area contributed by atoms with Gasteiger partial charge in [-0.25, -0.2) is 4.79 Å². The van der Waals surface area contributed by atoms with E-state index in [2.05, 4.69) is 78.1 Å². The number of rotatable bonds is 15. The smallest absolute Gasteiger partial charge is 0.356 e. The van der Waals surface area contributed by atoms with E-state index in [4.69, 9.17) is 4.74 Å². The Morgan fingerprint density at radius 2 is 0.937 bits per heavy atom. The number of ketones is 1. The highest BCUT2D eigenvalue weighted by atomic mass is 32.2. The molecule has 1 amide bonds. The number of thioether (sulfide) groups is 1. The Hall–Kier alpha value is -6.24. The molecule has 7 aromatic carbocycles. The van der Waals surface area contributed by atoms with Crippen molar-refractivity contribution in [3.63, 3.8) is 0 Å². The summed E-state index contributed by atoms with van der Waals surface area (Å²) in [5.41, 5.74) is 2.08. The van der Waals surface area contributed by atoms with Crippen molar-refractivity contribution in [2.24, 2.45) is 0 Å². The van der Waals surface area contributed by atoms with Crippen LogP contribution in [0.15, 0.2) is 212 Å². The zero-order valence-electron chi connectivity index (χ0n) is 35.7. The minimum Gasteiger partial charge on any atom is -0.455 e. The van der Waals surface area contributed by atoms with Crippen LogP contribution in [0.5, 0.6) is 0 Å². The predicted octanol–water partition coefficient (Wildman–Crippen LogP) is 9.12. The summed E-state index contributed by atoms with van der Waals surface area (Å²) in [6, 6.07) is 69.4. The Labute approximate surface area is 375 Å². The molecule has 1 saturated heterocycles. The van der Waals surface area contributed by atoms with E-state index in [0.717, 1.165) is 38.2 Å². The van der Waals surface area contributed by atoms with Crippen LogP contribution in [-0.4, -0.2) is 50.7 Å². The van der Waals surface area contributed by atoms with Gasteiger partial charge in [0.05, 0.1) is 11.3 Å². The Morgan fingerprint density at radius 1 is 0.571 bits per heavy atom. The summed E-state index contributed by atoms with van der Waals surface area (Å²) in [6.07, 6.45) is 0.242. The molecule has 0 saturated carbocycles. The fourth-order valence-electron chi connectivity index (χ4n) is 8.58. The van der Waals surface area contributed by atoms with Gasteiger partial charge in [-0.05, 0) is 58.9 Å². The van der Waals surface area contributed by atoms with Gasteiger partial charge in [-0.15, -0.1) is 11.8 Å². The summed E-state index contributed by atoms with van der Waals surface area (Å²) in [5.74, 6) is -0.756.